The molecule has 0 saturated carbocycles. The standard InChI is InChI=1S/C12H16ClN/c13-6-3-7-14-12-8-10-4-1-2-5-11(10)9-12/h1-2,4-5,12,14H,3,6-9H2. The molecule has 0 atom stereocenters. The van der Waals surface area contributed by atoms with Crippen LogP contribution in [0.25, 0.3) is 0 Å². The van der Waals surface area contributed by atoms with E-state index in [1.54, 1.807) is 0 Å². The van der Waals surface area contributed by atoms with E-state index in [0.29, 0.717) is 6.04 Å². The summed E-state index contributed by atoms with van der Waals surface area (Å²) in [6.07, 6.45) is 3.42. The molecule has 0 unspecified atom stereocenters. The molecule has 0 aromatic heterocycles. The maximum atomic E-state index is 5.64. The van der Waals surface area contributed by atoms with Gasteiger partial charge in [0.25, 0.3) is 0 Å². The van der Waals surface area contributed by atoms with Gasteiger partial charge in [-0.05, 0) is 36.9 Å². The molecule has 0 fully saturated rings. The van der Waals surface area contributed by atoms with Gasteiger partial charge in [-0.15, -0.1) is 11.6 Å². The molecule has 1 aliphatic rings. The molecule has 1 aromatic rings. The van der Waals surface area contributed by atoms with E-state index in [0.717, 1.165) is 18.8 Å². The average molecular weight is 210 g/mol. The molecule has 0 saturated heterocycles. The van der Waals surface area contributed by atoms with Crippen molar-refractivity contribution in [3.63, 3.8) is 0 Å². The number of rotatable bonds is 4. The van der Waals surface area contributed by atoms with Crippen molar-refractivity contribution in [2.24, 2.45) is 0 Å². The summed E-state index contributed by atoms with van der Waals surface area (Å²) in [5.41, 5.74) is 3.02. The van der Waals surface area contributed by atoms with Gasteiger partial charge < -0.3 is 5.32 Å². The summed E-state index contributed by atoms with van der Waals surface area (Å²) in [6, 6.07) is 9.35. The monoisotopic (exact) mass is 209 g/mol. The summed E-state index contributed by atoms with van der Waals surface area (Å²) >= 11 is 5.64. The summed E-state index contributed by atoms with van der Waals surface area (Å²) in [6.45, 7) is 1.04. The van der Waals surface area contributed by atoms with Gasteiger partial charge in [-0.25, -0.2) is 0 Å². The van der Waals surface area contributed by atoms with Gasteiger partial charge in [-0.1, -0.05) is 24.3 Å². The van der Waals surface area contributed by atoms with Crippen molar-refractivity contribution < 1.29 is 0 Å². The molecule has 1 aromatic carbocycles. The van der Waals surface area contributed by atoms with Gasteiger partial charge >= 0.3 is 0 Å². The summed E-state index contributed by atoms with van der Waals surface area (Å²) in [5, 5.41) is 3.54. The Morgan fingerprint density at radius 1 is 1.21 bits per heavy atom. The Balaban J connectivity index is 1.86. The third-order valence-electron chi connectivity index (χ3n) is 2.79. The van der Waals surface area contributed by atoms with Crippen LogP contribution in [0.2, 0.25) is 0 Å². The molecule has 0 heterocycles. The highest BCUT2D eigenvalue weighted by Gasteiger charge is 2.19. The van der Waals surface area contributed by atoms with Crippen LogP contribution < -0.4 is 5.32 Å². The summed E-state index contributed by atoms with van der Waals surface area (Å²) in [5.74, 6) is 0.757. The van der Waals surface area contributed by atoms with E-state index >= 15 is 0 Å². The van der Waals surface area contributed by atoms with Crippen molar-refractivity contribution in [2.75, 3.05) is 12.4 Å². The minimum atomic E-state index is 0.635. The number of benzene rings is 1. The van der Waals surface area contributed by atoms with Crippen LogP contribution in [0.4, 0.5) is 0 Å². The first-order valence-corrected chi connectivity index (χ1v) is 5.79. The lowest BCUT2D eigenvalue weighted by atomic mass is 10.1. The van der Waals surface area contributed by atoms with E-state index in [9.17, 15) is 0 Å². The molecule has 0 radical (unpaired) electrons. The Labute approximate surface area is 90.5 Å². The van der Waals surface area contributed by atoms with Crippen LogP contribution in [-0.4, -0.2) is 18.5 Å². The molecule has 2 rings (SSSR count). The fourth-order valence-corrected chi connectivity index (χ4v) is 2.21. The van der Waals surface area contributed by atoms with Crippen LogP contribution in [0.5, 0.6) is 0 Å². The molecule has 1 aliphatic carbocycles. The number of alkyl halides is 1. The Hall–Kier alpha value is -0.530. The second-order valence-corrected chi connectivity index (χ2v) is 4.25. The summed E-state index contributed by atoms with van der Waals surface area (Å²) in [7, 11) is 0. The Morgan fingerprint density at radius 2 is 1.86 bits per heavy atom. The third kappa shape index (κ3) is 2.28. The zero-order chi connectivity index (χ0) is 9.80. The second-order valence-electron chi connectivity index (χ2n) is 3.87. The number of hydrogen-bond acceptors (Lipinski definition) is 1. The number of halogens is 1. The molecule has 0 bridgehead atoms. The third-order valence-corrected chi connectivity index (χ3v) is 3.06. The lowest BCUT2D eigenvalue weighted by Gasteiger charge is -2.10. The number of nitrogens with one attached hydrogen (secondary N) is 1. The van der Waals surface area contributed by atoms with Gasteiger partial charge in [0, 0.05) is 11.9 Å². The molecule has 76 valence electrons. The van der Waals surface area contributed by atoms with Crippen LogP contribution in [0.15, 0.2) is 24.3 Å². The van der Waals surface area contributed by atoms with Gasteiger partial charge in [-0.2, -0.15) is 0 Å². The fraction of sp³-hybridized carbons (Fsp3) is 0.500. The Kier molecular flexibility index (Phi) is 3.44. The molecule has 1 N–H and O–H groups in total. The smallest absolute Gasteiger partial charge is 0.0235 e. The van der Waals surface area contributed by atoms with Crippen molar-refractivity contribution in [1.29, 1.82) is 0 Å². The number of hydrogen-bond donors (Lipinski definition) is 1. The van der Waals surface area contributed by atoms with E-state index in [2.05, 4.69) is 29.6 Å². The molecular weight excluding hydrogens is 194 g/mol. The van der Waals surface area contributed by atoms with Crippen molar-refractivity contribution >= 4 is 11.6 Å². The largest absolute Gasteiger partial charge is 0.313 e. The normalized spacial score (nSPS) is 15.8. The first kappa shape index (κ1) is 10.0. The van der Waals surface area contributed by atoms with Crippen LogP contribution in [0.3, 0.4) is 0 Å². The van der Waals surface area contributed by atoms with Gasteiger partial charge in [-0.3, -0.25) is 0 Å². The molecule has 0 amide bonds. The zero-order valence-corrected chi connectivity index (χ0v) is 9.06. The highest BCUT2D eigenvalue weighted by atomic mass is 35.5. The predicted molar refractivity (Wildman–Crippen MR) is 61.0 cm³/mol. The summed E-state index contributed by atoms with van der Waals surface area (Å²) in [4.78, 5) is 0. The summed E-state index contributed by atoms with van der Waals surface area (Å²) < 4.78 is 0. The lowest BCUT2D eigenvalue weighted by molar-refractivity contribution is 0.532. The van der Waals surface area contributed by atoms with Gasteiger partial charge in [0.2, 0.25) is 0 Å². The van der Waals surface area contributed by atoms with E-state index < -0.39 is 0 Å². The highest BCUT2D eigenvalue weighted by molar-refractivity contribution is 6.17. The second kappa shape index (κ2) is 4.81. The van der Waals surface area contributed by atoms with Crippen molar-refractivity contribution in [3.05, 3.63) is 35.4 Å². The predicted octanol–water partition coefficient (Wildman–Crippen LogP) is 2.37. The Bertz CT molecular complexity index is 273. The van der Waals surface area contributed by atoms with Crippen molar-refractivity contribution in [2.45, 2.75) is 25.3 Å². The van der Waals surface area contributed by atoms with E-state index in [-0.39, 0.29) is 0 Å². The molecule has 0 spiro atoms. The fourth-order valence-electron chi connectivity index (χ4n) is 2.08. The van der Waals surface area contributed by atoms with Crippen LogP contribution in [0.1, 0.15) is 17.5 Å². The van der Waals surface area contributed by atoms with Crippen LogP contribution >= 0.6 is 11.6 Å². The van der Waals surface area contributed by atoms with E-state index in [1.807, 2.05) is 0 Å². The van der Waals surface area contributed by atoms with Crippen molar-refractivity contribution in [1.82, 2.24) is 5.32 Å². The SMILES string of the molecule is ClCCCNC1Cc2ccccc2C1. The topological polar surface area (TPSA) is 12.0 Å². The number of fused-ring (bicyclic) bond motifs is 1. The van der Waals surface area contributed by atoms with Gasteiger partial charge in [0.15, 0.2) is 0 Å². The molecule has 0 aliphatic heterocycles. The minimum absolute atomic E-state index is 0.635. The lowest BCUT2D eigenvalue weighted by Crippen LogP contribution is -2.30. The maximum Gasteiger partial charge on any atom is 0.0235 e. The zero-order valence-electron chi connectivity index (χ0n) is 8.30. The molecule has 14 heavy (non-hydrogen) atoms. The van der Waals surface area contributed by atoms with Gasteiger partial charge in [0.1, 0.15) is 0 Å². The van der Waals surface area contributed by atoms with Crippen LogP contribution in [-0.2, 0) is 12.8 Å². The first-order chi connectivity index (χ1) is 6.90. The van der Waals surface area contributed by atoms with E-state index in [1.165, 1.54) is 24.0 Å². The molecule has 2 heteroatoms. The van der Waals surface area contributed by atoms with Crippen molar-refractivity contribution in [3.8, 4) is 0 Å². The molecule has 1 nitrogen and oxygen atoms in total. The highest BCUT2D eigenvalue weighted by Crippen LogP contribution is 2.21. The first-order valence-electron chi connectivity index (χ1n) is 5.26. The average Bonchev–Trinajstić information content (AvgIpc) is 2.60. The van der Waals surface area contributed by atoms with Gasteiger partial charge in [0.05, 0.1) is 0 Å². The molecular formula is C12H16ClN. The minimum Gasteiger partial charge on any atom is -0.313 e. The van der Waals surface area contributed by atoms with Crippen LogP contribution in [0, 0.1) is 0 Å². The van der Waals surface area contributed by atoms with E-state index in [4.69, 9.17) is 11.6 Å². The maximum absolute atomic E-state index is 5.64. The Morgan fingerprint density at radius 3 is 2.43 bits per heavy atom. The quantitative estimate of drug-likeness (QED) is 0.593.